The molecule has 0 aromatic heterocycles. The highest BCUT2D eigenvalue weighted by atomic mass is 79.9. The van der Waals surface area contributed by atoms with E-state index in [1.165, 1.54) is 6.26 Å². The Labute approximate surface area is 267 Å². The van der Waals surface area contributed by atoms with Crippen LogP contribution in [0.2, 0.25) is 10.0 Å². The number of rotatable bonds is 9. The molecule has 3 aromatic carbocycles. The van der Waals surface area contributed by atoms with Crippen LogP contribution in [0.1, 0.15) is 52.2 Å². The predicted molar refractivity (Wildman–Crippen MR) is 176 cm³/mol. The van der Waals surface area contributed by atoms with Crippen LogP contribution in [0.15, 0.2) is 66.7 Å². The van der Waals surface area contributed by atoms with Crippen molar-refractivity contribution in [3.8, 4) is 0 Å². The smallest absolute Gasteiger partial charge is 0.253 e. The molecule has 1 saturated heterocycles. The molecule has 5 rings (SSSR count). The van der Waals surface area contributed by atoms with Crippen LogP contribution in [-0.4, -0.2) is 70.2 Å². The van der Waals surface area contributed by atoms with Gasteiger partial charge < -0.3 is 9.80 Å². The van der Waals surface area contributed by atoms with E-state index in [1.807, 2.05) is 67.7 Å². The Morgan fingerprint density at radius 1 is 1.02 bits per heavy atom. The molecule has 1 atom stereocenters. The molecule has 2 heterocycles. The van der Waals surface area contributed by atoms with Crippen LogP contribution in [0, 0.1) is 0 Å². The van der Waals surface area contributed by atoms with E-state index in [-0.39, 0.29) is 17.2 Å². The highest BCUT2D eigenvalue weighted by Crippen LogP contribution is 2.47. The minimum Gasteiger partial charge on any atom is -0.341 e. The van der Waals surface area contributed by atoms with E-state index in [4.69, 9.17) is 23.2 Å². The van der Waals surface area contributed by atoms with Crippen molar-refractivity contribution in [2.24, 2.45) is 0 Å². The maximum Gasteiger partial charge on any atom is 0.253 e. The number of sulfonamides is 1. The third kappa shape index (κ3) is 6.68. The predicted octanol–water partition coefficient (Wildman–Crippen LogP) is 6.95. The van der Waals surface area contributed by atoms with E-state index in [9.17, 15) is 13.2 Å². The number of anilines is 1. The SMILES string of the molecule is CN(CC(CCN1CCC2(CC1)CN(S(C)(=O)=O)c1ccccc12)c1ccc(Cl)c(Cl)c1)C(=O)c1cccc(CBr)c1. The first-order valence-corrected chi connectivity index (χ1v) is 17.9. The van der Waals surface area contributed by atoms with Crippen molar-refractivity contribution in [2.45, 2.75) is 35.9 Å². The van der Waals surface area contributed by atoms with Gasteiger partial charge in [-0.15, -0.1) is 0 Å². The number of carbonyl (C=O) groups is 1. The van der Waals surface area contributed by atoms with Crippen molar-refractivity contribution in [3.63, 3.8) is 0 Å². The Bertz CT molecular complexity index is 1560. The average Bonchev–Trinajstić information content (AvgIpc) is 3.31. The number of fused-ring (bicyclic) bond motifs is 2. The lowest BCUT2D eigenvalue weighted by atomic mass is 9.74. The molecule has 10 heteroatoms. The Balaban J connectivity index is 1.28. The molecule has 1 amide bonds. The van der Waals surface area contributed by atoms with Gasteiger partial charge in [-0.05, 0) is 85.9 Å². The molecular formula is C32H36BrCl2N3O3S. The summed E-state index contributed by atoms with van der Waals surface area (Å²) in [5.41, 5.74) is 4.59. The lowest BCUT2D eigenvalue weighted by molar-refractivity contribution is 0.0780. The van der Waals surface area contributed by atoms with Crippen LogP contribution < -0.4 is 4.31 Å². The Hall–Kier alpha value is -2.10. The van der Waals surface area contributed by atoms with Crippen LogP contribution >= 0.6 is 39.1 Å². The van der Waals surface area contributed by atoms with E-state index >= 15 is 0 Å². The van der Waals surface area contributed by atoms with Crippen LogP contribution in [0.3, 0.4) is 0 Å². The number of hydrogen-bond acceptors (Lipinski definition) is 4. The van der Waals surface area contributed by atoms with Crippen molar-refractivity contribution >= 4 is 60.7 Å². The first-order valence-electron chi connectivity index (χ1n) is 14.2. The van der Waals surface area contributed by atoms with Gasteiger partial charge in [-0.2, -0.15) is 0 Å². The number of likely N-dealkylation sites (tertiary alicyclic amines) is 1. The monoisotopic (exact) mass is 691 g/mol. The highest BCUT2D eigenvalue weighted by molar-refractivity contribution is 9.08. The van der Waals surface area contributed by atoms with Gasteiger partial charge in [-0.3, -0.25) is 9.10 Å². The summed E-state index contributed by atoms with van der Waals surface area (Å²) in [6, 6.07) is 21.4. The molecule has 42 heavy (non-hydrogen) atoms. The lowest BCUT2D eigenvalue weighted by Crippen LogP contribution is -2.46. The summed E-state index contributed by atoms with van der Waals surface area (Å²) in [6.07, 6.45) is 3.93. The van der Waals surface area contributed by atoms with Gasteiger partial charge in [0.05, 0.1) is 22.0 Å². The minimum absolute atomic E-state index is 0.0156. The van der Waals surface area contributed by atoms with Gasteiger partial charge in [-0.1, -0.05) is 75.5 Å². The zero-order valence-electron chi connectivity index (χ0n) is 23.9. The summed E-state index contributed by atoms with van der Waals surface area (Å²) >= 11 is 16.1. The first-order chi connectivity index (χ1) is 20.0. The lowest BCUT2D eigenvalue weighted by Gasteiger charge is -2.40. The molecule has 0 radical (unpaired) electrons. The van der Waals surface area contributed by atoms with Gasteiger partial charge in [0.25, 0.3) is 5.91 Å². The molecule has 0 bridgehead atoms. The zero-order valence-corrected chi connectivity index (χ0v) is 27.8. The number of piperidine rings is 1. The van der Waals surface area contributed by atoms with Gasteiger partial charge in [0, 0.05) is 42.4 Å². The number of benzene rings is 3. The molecule has 6 nitrogen and oxygen atoms in total. The normalized spacial score (nSPS) is 17.3. The molecule has 0 aliphatic carbocycles. The molecule has 1 spiro atoms. The van der Waals surface area contributed by atoms with E-state index in [1.54, 1.807) is 9.21 Å². The molecule has 0 saturated carbocycles. The quantitative estimate of drug-likeness (QED) is 0.228. The number of likely N-dealkylation sites (N-methyl/N-ethyl adjacent to an activating group) is 1. The molecule has 0 N–H and O–H groups in total. The summed E-state index contributed by atoms with van der Waals surface area (Å²) in [7, 11) is -1.49. The van der Waals surface area contributed by atoms with Gasteiger partial charge in [0.1, 0.15) is 0 Å². The van der Waals surface area contributed by atoms with E-state index in [0.717, 1.165) is 61.3 Å². The van der Waals surface area contributed by atoms with E-state index < -0.39 is 10.0 Å². The van der Waals surface area contributed by atoms with Crippen molar-refractivity contribution in [1.82, 2.24) is 9.80 Å². The second-order valence-corrected chi connectivity index (χ2v) is 14.9. The summed E-state index contributed by atoms with van der Waals surface area (Å²) in [6.45, 7) is 3.68. The number of para-hydroxylation sites is 1. The minimum atomic E-state index is -3.34. The average molecular weight is 694 g/mol. The molecule has 2 aliphatic rings. The van der Waals surface area contributed by atoms with Crippen molar-refractivity contribution in [1.29, 1.82) is 0 Å². The van der Waals surface area contributed by atoms with Crippen molar-refractivity contribution in [2.75, 3.05) is 50.3 Å². The largest absolute Gasteiger partial charge is 0.341 e. The molecular weight excluding hydrogens is 657 g/mol. The zero-order chi connectivity index (χ0) is 30.1. The third-order valence-electron chi connectivity index (χ3n) is 8.78. The van der Waals surface area contributed by atoms with Gasteiger partial charge in [0.2, 0.25) is 10.0 Å². The number of halogens is 3. The molecule has 224 valence electrons. The number of carbonyl (C=O) groups excluding carboxylic acids is 1. The molecule has 1 fully saturated rings. The van der Waals surface area contributed by atoms with E-state index in [0.29, 0.717) is 34.0 Å². The van der Waals surface area contributed by atoms with Gasteiger partial charge in [-0.25, -0.2) is 8.42 Å². The van der Waals surface area contributed by atoms with Crippen LogP contribution in [0.25, 0.3) is 0 Å². The number of hydrogen-bond donors (Lipinski definition) is 0. The van der Waals surface area contributed by atoms with Crippen molar-refractivity contribution in [3.05, 3.63) is 99.0 Å². The van der Waals surface area contributed by atoms with Crippen LogP contribution in [0.5, 0.6) is 0 Å². The second-order valence-electron chi connectivity index (χ2n) is 11.6. The summed E-state index contributed by atoms with van der Waals surface area (Å²) in [4.78, 5) is 17.6. The number of amides is 1. The summed E-state index contributed by atoms with van der Waals surface area (Å²) in [5, 5.41) is 1.71. The van der Waals surface area contributed by atoms with Crippen molar-refractivity contribution < 1.29 is 13.2 Å². The Kier molecular flexibility index (Phi) is 9.60. The fraction of sp³-hybridized carbons (Fsp3) is 0.406. The first kappa shape index (κ1) is 31.3. The topological polar surface area (TPSA) is 60.9 Å². The van der Waals surface area contributed by atoms with E-state index in [2.05, 4.69) is 26.9 Å². The maximum absolute atomic E-state index is 13.4. The molecule has 1 unspecified atom stereocenters. The Morgan fingerprint density at radius 2 is 1.76 bits per heavy atom. The highest BCUT2D eigenvalue weighted by Gasteiger charge is 2.46. The third-order valence-corrected chi connectivity index (χ3v) is 11.3. The second kappa shape index (κ2) is 12.9. The van der Waals surface area contributed by atoms with Crippen LogP contribution in [0.4, 0.5) is 5.69 Å². The summed E-state index contributed by atoms with van der Waals surface area (Å²) in [5.74, 6) is 0.0509. The molecule has 3 aromatic rings. The van der Waals surface area contributed by atoms with Gasteiger partial charge >= 0.3 is 0 Å². The maximum atomic E-state index is 13.4. The number of nitrogens with zero attached hydrogens (tertiary/aromatic N) is 3. The fourth-order valence-electron chi connectivity index (χ4n) is 6.40. The summed E-state index contributed by atoms with van der Waals surface area (Å²) < 4.78 is 26.7. The van der Waals surface area contributed by atoms with Crippen LogP contribution in [-0.2, 0) is 20.8 Å². The number of alkyl halides is 1. The Morgan fingerprint density at radius 3 is 2.45 bits per heavy atom. The standard InChI is InChI=1S/C32H36BrCl2N3O3S/c1-36(31(39)25-7-5-6-23(18-25)20-33)21-26(24-10-11-28(34)29(35)19-24)12-15-37-16-13-32(14-17-37)22-38(42(2,40)41)30-9-4-3-8-27(30)32/h3-11,18-19,26H,12-17,20-22H2,1-2H3. The molecule has 2 aliphatic heterocycles. The van der Waals surface area contributed by atoms with Gasteiger partial charge in [0.15, 0.2) is 0 Å². The fourth-order valence-corrected chi connectivity index (χ4v) is 8.06.